The second-order valence-corrected chi connectivity index (χ2v) is 7.49. The first-order valence-corrected chi connectivity index (χ1v) is 8.63. The third kappa shape index (κ3) is 2.75. The maximum absolute atomic E-state index is 12.8. The summed E-state index contributed by atoms with van der Waals surface area (Å²) < 4.78 is 31.6. The van der Waals surface area contributed by atoms with E-state index in [-0.39, 0.29) is 46.8 Å². The average Bonchev–Trinajstić information content (AvgIpc) is 2.96. The minimum absolute atomic E-state index is 0.106. The number of carboxylic acid groups (broad SMARTS) is 1. The number of fused-ring (bicyclic) bond motifs is 1. The third-order valence-electron chi connectivity index (χ3n) is 3.74. The van der Waals surface area contributed by atoms with Crippen LogP contribution in [0.25, 0.3) is 0 Å². The molecule has 1 saturated heterocycles. The molecule has 124 valence electrons. The Balaban J connectivity index is 2.04. The maximum Gasteiger partial charge on any atom is 0.322 e. The van der Waals surface area contributed by atoms with E-state index >= 15 is 0 Å². The van der Waals surface area contributed by atoms with Crippen LogP contribution in [0.4, 0.5) is 5.69 Å². The molecule has 0 aromatic heterocycles. The first-order valence-electron chi connectivity index (χ1n) is 6.81. The molecule has 2 aliphatic rings. The lowest BCUT2D eigenvalue weighted by Gasteiger charge is -2.24. The van der Waals surface area contributed by atoms with Crippen LogP contribution in [0.1, 0.15) is 12.8 Å². The maximum atomic E-state index is 12.8. The first-order chi connectivity index (χ1) is 10.8. The molecule has 1 aromatic carbocycles. The molecular formula is C13H13ClN2O6S. The summed E-state index contributed by atoms with van der Waals surface area (Å²) in [6.07, 6.45) is 0.717. The van der Waals surface area contributed by atoms with Crippen LogP contribution >= 0.6 is 11.6 Å². The molecule has 0 aliphatic carbocycles. The van der Waals surface area contributed by atoms with Gasteiger partial charge in [0, 0.05) is 12.6 Å². The lowest BCUT2D eigenvalue weighted by atomic mass is 10.2. The zero-order valence-corrected chi connectivity index (χ0v) is 13.4. The summed E-state index contributed by atoms with van der Waals surface area (Å²) in [5.41, 5.74) is 0.279. The predicted molar refractivity (Wildman–Crippen MR) is 80.1 cm³/mol. The van der Waals surface area contributed by atoms with Crippen molar-refractivity contribution in [2.45, 2.75) is 23.8 Å². The lowest BCUT2D eigenvalue weighted by molar-refractivity contribution is -0.140. The van der Waals surface area contributed by atoms with Gasteiger partial charge in [-0.1, -0.05) is 11.6 Å². The molecule has 0 bridgehead atoms. The Kier molecular flexibility index (Phi) is 3.95. The van der Waals surface area contributed by atoms with Gasteiger partial charge in [0.25, 0.3) is 5.91 Å². The number of hydrogen-bond acceptors (Lipinski definition) is 5. The van der Waals surface area contributed by atoms with Crippen LogP contribution in [0.2, 0.25) is 5.02 Å². The van der Waals surface area contributed by atoms with Gasteiger partial charge in [0.15, 0.2) is 6.61 Å². The molecule has 1 aromatic rings. The fourth-order valence-corrected chi connectivity index (χ4v) is 4.85. The first kappa shape index (κ1) is 16.0. The molecule has 1 fully saturated rings. The number of aliphatic carboxylic acids is 1. The van der Waals surface area contributed by atoms with Gasteiger partial charge in [0.1, 0.15) is 16.7 Å². The van der Waals surface area contributed by atoms with E-state index < -0.39 is 22.0 Å². The predicted octanol–water partition coefficient (Wildman–Crippen LogP) is 0.909. The monoisotopic (exact) mass is 360 g/mol. The minimum atomic E-state index is -4.08. The number of nitrogens with one attached hydrogen (secondary N) is 1. The topological polar surface area (TPSA) is 113 Å². The quantitative estimate of drug-likeness (QED) is 0.828. The highest BCUT2D eigenvalue weighted by Crippen LogP contribution is 2.38. The zero-order valence-electron chi connectivity index (χ0n) is 11.8. The lowest BCUT2D eigenvalue weighted by Crippen LogP contribution is -2.40. The van der Waals surface area contributed by atoms with Crippen LogP contribution in [0, 0.1) is 0 Å². The molecular weight excluding hydrogens is 348 g/mol. The normalized spacial score (nSPS) is 21.4. The number of halogens is 1. The van der Waals surface area contributed by atoms with Crippen LogP contribution < -0.4 is 10.1 Å². The Hall–Kier alpha value is -1.84. The van der Waals surface area contributed by atoms with E-state index in [0.717, 1.165) is 4.31 Å². The van der Waals surface area contributed by atoms with Crippen molar-refractivity contribution in [3.63, 3.8) is 0 Å². The largest absolute Gasteiger partial charge is 0.482 e. The van der Waals surface area contributed by atoms with E-state index in [1.165, 1.54) is 12.1 Å². The Morgan fingerprint density at radius 3 is 2.87 bits per heavy atom. The third-order valence-corrected chi connectivity index (χ3v) is 6.12. The highest BCUT2D eigenvalue weighted by molar-refractivity contribution is 7.89. The van der Waals surface area contributed by atoms with Gasteiger partial charge in [-0.3, -0.25) is 9.59 Å². The zero-order chi connectivity index (χ0) is 16.8. The number of benzene rings is 1. The van der Waals surface area contributed by atoms with E-state index in [2.05, 4.69) is 5.32 Å². The average molecular weight is 361 g/mol. The van der Waals surface area contributed by atoms with E-state index in [4.69, 9.17) is 16.3 Å². The van der Waals surface area contributed by atoms with Crippen LogP contribution in [0.5, 0.6) is 5.75 Å². The van der Waals surface area contributed by atoms with Gasteiger partial charge in [-0.25, -0.2) is 8.42 Å². The van der Waals surface area contributed by atoms with Gasteiger partial charge >= 0.3 is 5.97 Å². The summed E-state index contributed by atoms with van der Waals surface area (Å²) in [6, 6.07) is 1.39. The van der Waals surface area contributed by atoms with Crippen LogP contribution in [-0.2, 0) is 19.6 Å². The second-order valence-electron chi connectivity index (χ2n) is 5.23. The molecule has 8 nitrogen and oxygen atoms in total. The second kappa shape index (κ2) is 5.66. The number of sulfonamides is 1. The Morgan fingerprint density at radius 1 is 1.43 bits per heavy atom. The molecule has 2 N–H and O–H groups in total. The summed E-state index contributed by atoms with van der Waals surface area (Å²) in [5.74, 6) is -1.38. The highest BCUT2D eigenvalue weighted by Gasteiger charge is 2.40. The van der Waals surface area contributed by atoms with Gasteiger partial charge in [-0.05, 0) is 18.9 Å². The molecule has 0 radical (unpaired) electrons. The number of carboxylic acids is 1. The van der Waals surface area contributed by atoms with E-state index in [0.29, 0.717) is 6.42 Å². The molecule has 0 saturated carbocycles. The van der Waals surface area contributed by atoms with E-state index in [9.17, 15) is 23.1 Å². The number of nitrogens with zero attached hydrogens (tertiary/aromatic N) is 1. The van der Waals surface area contributed by atoms with Crippen molar-refractivity contribution in [1.82, 2.24) is 4.31 Å². The fraction of sp³-hybridized carbons (Fsp3) is 0.385. The molecule has 2 heterocycles. The molecule has 1 amide bonds. The van der Waals surface area contributed by atoms with Crippen molar-refractivity contribution in [2.75, 3.05) is 18.5 Å². The number of rotatable bonds is 3. The van der Waals surface area contributed by atoms with Crippen LogP contribution in [0.15, 0.2) is 17.0 Å². The number of anilines is 1. The molecule has 0 unspecified atom stereocenters. The Labute approximate surface area is 137 Å². The van der Waals surface area contributed by atoms with E-state index in [1.807, 2.05) is 0 Å². The van der Waals surface area contributed by atoms with Crippen molar-refractivity contribution in [3.8, 4) is 5.75 Å². The van der Waals surface area contributed by atoms with Crippen molar-refractivity contribution >= 4 is 39.2 Å². The molecule has 2 aliphatic heterocycles. The van der Waals surface area contributed by atoms with Gasteiger partial charge in [-0.2, -0.15) is 4.31 Å². The molecule has 3 rings (SSSR count). The van der Waals surface area contributed by atoms with Crippen LogP contribution in [-0.4, -0.2) is 48.9 Å². The highest BCUT2D eigenvalue weighted by atomic mass is 35.5. The fourth-order valence-electron chi connectivity index (χ4n) is 2.68. The van der Waals surface area contributed by atoms with Crippen molar-refractivity contribution in [2.24, 2.45) is 0 Å². The van der Waals surface area contributed by atoms with E-state index in [1.54, 1.807) is 0 Å². The summed E-state index contributed by atoms with van der Waals surface area (Å²) in [5, 5.41) is 11.6. The van der Waals surface area contributed by atoms with Crippen LogP contribution in [0.3, 0.4) is 0 Å². The molecule has 10 heteroatoms. The van der Waals surface area contributed by atoms with Gasteiger partial charge < -0.3 is 15.2 Å². The Morgan fingerprint density at radius 2 is 2.17 bits per heavy atom. The molecule has 1 atom stereocenters. The summed E-state index contributed by atoms with van der Waals surface area (Å²) in [6.45, 7) is -0.111. The van der Waals surface area contributed by atoms with Crippen molar-refractivity contribution in [3.05, 3.63) is 17.2 Å². The molecule has 0 spiro atoms. The number of amides is 1. The summed E-state index contributed by atoms with van der Waals surface area (Å²) in [4.78, 5) is 22.3. The summed E-state index contributed by atoms with van der Waals surface area (Å²) in [7, 11) is -4.08. The molecule has 23 heavy (non-hydrogen) atoms. The number of ether oxygens (including phenoxy) is 1. The van der Waals surface area contributed by atoms with Crippen molar-refractivity contribution < 1.29 is 27.9 Å². The number of carbonyl (C=O) groups excluding carboxylic acids is 1. The Bertz CT molecular complexity index is 794. The minimum Gasteiger partial charge on any atom is -0.482 e. The standard InChI is InChI=1S/C13H13ClN2O6S/c14-7-4-8-10(22-6-12(17)15-8)5-11(7)23(20,21)16-3-1-2-9(16)13(18)19/h4-5,9H,1-3,6H2,(H,15,17)(H,18,19)/t9-/m0/s1. The van der Waals surface area contributed by atoms with Crippen molar-refractivity contribution in [1.29, 1.82) is 0 Å². The van der Waals surface area contributed by atoms with Gasteiger partial charge in [0.05, 0.1) is 10.7 Å². The SMILES string of the molecule is O=C1COc2cc(S(=O)(=O)N3CCC[C@H]3C(=O)O)c(Cl)cc2N1. The van der Waals surface area contributed by atoms with Gasteiger partial charge in [-0.15, -0.1) is 0 Å². The number of carbonyl (C=O) groups is 2. The number of hydrogen-bond donors (Lipinski definition) is 2. The smallest absolute Gasteiger partial charge is 0.322 e. The summed E-state index contributed by atoms with van der Waals surface area (Å²) >= 11 is 6.04. The van der Waals surface area contributed by atoms with Gasteiger partial charge in [0.2, 0.25) is 10.0 Å².